The zero-order chi connectivity index (χ0) is 11.7. The third-order valence-corrected chi connectivity index (χ3v) is 3.52. The van der Waals surface area contributed by atoms with E-state index in [4.69, 9.17) is 10.5 Å². The molecule has 2 heteroatoms. The van der Waals surface area contributed by atoms with E-state index in [1.54, 1.807) is 0 Å². The summed E-state index contributed by atoms with van der Waals surface area (Å²) in [6.45, 7) is 6.32. The highest BCUT2D eigenvalue weighted by molar-refractivity contribution is 5.31. The van der Waals surface area contributed by atoms with Gasteiger partial charge in [0.1, 0.15) is 5.75 Å². The van der Waals surface area contributed by atoms with Gasteiger partial charge in [-0.1, -0.05) is 19.1 Å². The van der Waals surface area contributed by atoms with E-state index in [1.165, 1.54) is 5.56 Å². The van der Waals surface area contributed by atoms with Gasteiger partial charge in [0, 0.05) is 6.04 Å². The summed E-state index contributed by atoms with van der Waals surface area (Å²) in [5.41, 5.74) is 7.31. The molecule has 1 aliphatic rings. The van der Waals surface area contributed by atoms with Crippen molar-refractivity contribution in [2.45, 2.75) is 45.3 Å². The molecule has 88 valence electrons. The number of rotatable bonds is 3. The van der Waals surface area contributed by atoms with Gasteiger partial charge in [-0.3, -0.25) is 0 Å². The van der Waals surface area contributed by atoms with E-state index < -0.39 is 0 Å². The molecule has 16 heavy (non-hydrogen) atoms. The summed E-state index contributed by atoms with van der Waals surface area (Å²) in [7, 11) is 0. The SMILES string of the molecule is CC(C)Oc1ccc(C2CC(N)C2C)cc1. The summed E-state index contributed by atoms with van der Waals surface area (Å²) >= 11 is 0. The molecule has 1 aromatic carbocycles. The molecular formula is C14H21NO. The fourth-order valence-corrected chi connectivity index (χ4v) is 2.33. The van der Waals surface area contributed by atoms with Gasteiger partial charge in [-0.2, -0.15) is 0 Å². The largest absolute Gasteiger partial charge is 0.491 e. The molecule has 1 aromatic rings. The minimum Gasteiger partial charge on any atom is -0.491 e. The summed E-state index contributed by atoms with van der Waals surface area (Å²) in [5.74, 6) is 2.20. The van der Waals surface area contributed by atoms with Crippen molar-refractivity contribution >= 4 is 0 Å². The molecule has 0 heterocycles. The third kappa shape index (κ3) is 2.22. The van der Waals surface area contributed by atoms with Crippen LogP contribution in [0.2, 0.25) is 0 Å². The lowest BCUT2D eigenvalue weighted by molar-refractivity contribution is 0.225. The van der Waals surface area contributed by atoms with Crippen molar-refractivity contribution in [1.29, 1.82) is 0 Å². The first kappa shape index (κ1) is 11.5. The van der Waals surface area contributed by atoms with Crippen LogP contribution in [0, 0.1) is 5.92 Å². The van der Waals surface area contributed by atoms with Crippen LogP contribution in [0.15, 0.2) is 24.3 Å². The van der Waals surface area contributed by atoms with Crippen LogP contribution >= 0.6 is 0 Å². The molecule has 0 aliphatic heterocycles. The number of hydrogen-bond donors (Lipinski definition) is 1. The Morgan fingerprint density at radius 3 is 2.31 bits per heavy atom. The van der Waals surface area contributed by atoms with E-state index in [9.17, 15) is 0 Å². The Balaban J connectivity index is 2.02. The molecule has 2 N–H and O–H groups in total. The van der Waals surface area contributed by atoms with Crippen LogP contribution in [-0.2, 0) is 0 Å². The van der Waals surface area contributed by atoms with Crippen molar-refractivity contribution in [1.82, 2.24) is 0 Å². The average molecular weight is 219 g/mol. The topological polar surface area (TPSA) is 35.2 Å². The summed E-state index contributed by atoms with van der Waals surface area (Å²) < 4.78 is 5.62. The molecule has 1 fully saturated rings. The quantitative estimate of drug-likeness (QED) is 0.848. The fourth-order valence-electron chi connectivity index (χ4n) is 2.33. The highest BCUT2D eigenvalue weighted by Crippen LogP contribution is 2.41. The van der Waals surface area contributed by atoms with Gasteiger partial charge < -0.3 is 10.5 Å². The van der Waals surface area contributed by atoms with E-state index in [0.29, 0.717) is 17.9 Å². The summed E-state index contributed by atoms with van der Waals surface area (Å²) in [6.07, 6.45) is 1.35. The normalized spacial score (nSPS) is 28.9. The van der Waals surface area contributed by atoms with Crippen molar-refractivity contribution < 1.29 is 4.74 Å². The molecule has 3 unspecified atom stereocenters. The van der Waals surface area contributed by atoms with Gasteiger partial charge in [0.05, 0.1) is 6.10 Å². The molecule has 1 aliphatic carbocycles. The Bertz CT molecular complexity index is 344. The molecule has 0 saturated heterocycles. The van der Waals surface area contributed by atoms with Gasteiger partial charge in [-0.25, -0.2) is 0 Å². The van der Waals surface area contributed by atoms with Gasteiger partial charge in [0.25, 0.3) is 0 Å². The predicted octanol–water partition coefficient (Wildman–Crippen LogP) is 2.92. The standard InChI is InChI=1S/C14H21NO/c1-9(2)16-12-6-4-11(5-7-12)13-8-14(15)10(13)3/h4-7,9-10,13-14H,8,15H2,1-3H3. The maximum Gasteiger partial charge on any atom is 0.119 e. The Labute approximate surface area is 97.8 Å². The van der Waals surface area contributed by atoms with Gasteiger partial charge in [-0.05, 0) is 49.8 Å². The summed E-state index contributed by atoms with van der Waals surface area (Å²) in [6, 6.07) is 8.85. The zero-order valence-corrected chi connectivity index (χ0v) is 10.3. The van der Waals surface area contributed by atoms with Crippen LogP contribution in [0.3, 0.4) is 0 Å². The number of benzene rings is 1. The van der Waals surface area contributed by atoms with Crippen LogP contribution in [-0.4, -0.2) is 12.1 Å². The minimum absolute atomic E-state index is 0.238. The van der Waals surface area contributed by atoms with Gasteiger partial charge in [-0.15, -0.1) is 0 Å². The molecule has 0 bridgehead atoms. The number of ether oxygens (including phenoxy) is 1. The second-order valence-electron chi connectivity index (χ2n) is 5.10. The van der Waals surface area contributed by atoms with Crippen LogP contribution < -0.4 is 10.5 Å². The zero-order valence-electron chi connectivity index (χ0n) is 10.3. The molecule has 2 rings (SSSR count). The molecule has 0 amide bonds. The summed E-state index contributed by atoms with van der Waals surface area (Å²) in [5, 5.41) is 0. The van der Waals surface area contributed by atoms with Crippen molar-refractivity contribution in [3.05, 3.63) is 29.8 Å². The highest BCUT2D eigenvalue weighted by Gasteiger charge is 2.35. The molecule has 0 radical (unpaired) electrons. The maximum absolute atomic E-state index is 5.92. The van der Waals surface area contributed by atoms with E-state index >= 15 is 0 Å². The lowest BCUT2D eigenvalue weighted by Crippen LogP contribution is -2.44. The van der Waals surface area contributed by atoms with E-state index in [0.717, 1.165) is 12.2 Å². The number of hydrogen-bond acceptors (Lipinski definition) is 2. The lowest BCUT2D eigenvalue weighted by atomic mass is 9.67. The summed E-state index contributed by atoms with van der Waals surface area (Å²) in [4.78, 5) is 0. The van der Waals surface area contributed by atoms with Crippen LogP contribution in [0.5, 0.6) is 5.75 Å². The van der Waals surface area contributed by atoms with Gasteiger partial charge in [0.2, 0.25) is 0 Å². The highest BCUT2D eigenvalue weighted by atomic mass is 16.5. The first-order chi connectivity index (χ1) is 7.58. The van der Waals surface area contributed by atoms with E-state index in [2.05, 4.69) is 31.2 Å². The first-order valence-electron chi connectivity index (χ1n) is 6.10. The van der Waals surface area contributed by atoms with E-state index in [1.807, 2.05) is 13.8 Å². The van der Waals surface area contributed by atoms with E-state index in [-0.39, 0.29) is 6.10 Å². The Morgan fingerprint density at radius 1 is 1.25 bits per heavy atom. The fraction of sp³-hybridized carbons (Fsp3) is 0.571. The maximum atomic E-state index is 5.92. The Morgan fingerprint density at radius 2 is 1.88 bits per heavy atom. The molecule has 3 atom stereocenters. The average Bonchev–Trinajstić information content (AvgIpc) is 2.26. The molecule has 1 saturated carbocycles. The Hall–Kier alpha value is -1.02. The van der Waals surface area contributed by atoms with Crippen molar-refractivity contribution in [2.75, 3.05) is 0 Å². The predicted molar refractivity (Wildman–Crippen MR) is 66.7 cm³/mol. The minimum atomic E-state index is 0.238. The molecule has 0 aromatic heterocycles. The van der Waals surface area contributed by atoms with Crippen LogP contribution in [0.4, 0.5) is 0 Å². The molecule has 0 spiro atoms. The molecular weight excluding hydrogens is 198 g/mol. The van der Waals surface area contributed by atoms with Crippen LogP contribution in [0.25, 0.3) is 0 Å². The number of nitrogens with two attached hydrogens (primary N) is 1. The van der Waals surface area contributed by atoms with Crippen molar-refractivity contribution in [2.24, 2.45) is 11.7 Å². The molecule has 2 nitrogen and oxygen atoms in total. The Kier molecular flexibility index (Phi) is 3.20. The van der Waals surface area contributed by atoms with Gasteiger partial charge >= 0.3 is 0 Å². The smallest absolute Gasteiger partial charge is 0.119 e. The van der Waals surface area contributed by atoms with Gasteiger partial charge in [0.15, 0.2) is 0 Å². The second kappa shape index (κ2) is 4.46. The van der Waals surface area contributed by atoms with Crippen molar-refractivity contribution in [3.63, 3.8) is 0 Å². The third-order valence-electron chi connectivity index (χ3n) is 3.52. The monoisotopic (exact) mass is 219 g/mol. The van der Waals surface area contributed by atoms with Crippen molar-refractivity contribution in [3.8, 4) is 5.75 Å². The second-order valence-corrected chi connectivity index (χ2v) is 5.10. The van der Waals surface area contributed by atoms with Crippen LogP contribution in [0.1, 0.15) is 38.7 Å². The first-order valence-corrected chi connectivity index (χ1v) is 6.10. The lowest BCUT2D eigenvalue weighted by Gasteiger charge is -2.40.